The Balaban J connectivity index is 1.52. The lowest BCUT2D eigenvalue weighted by atomic mass is 10.00. The summed E-state index contributed by atoms with van der Waals surface area (Å²) in [4.78, 5) is 12.7. The Kier molecular flexibility index (Phi) is 4.17. The third-order valence-corrected chi connectivity index (χ3v) is 4.40. The summed E-state index contributed by atoms with van der Waals surface area (Å²) in [5.74, 6) is 0.449. The van der Waals surface area contributed by atoms with E-state index < -0.39 is 0 Å². The van der Waals surface area contributed by atoms with Gasteiger partial charge >= 0.3 is 0 Å². The molecule has 3 aliphatic rings. The van der Waals surface area contributed by atoms with Crippen LogP contribution >= 0.6 is 0 Å². The maximum absolute atomic E-state index is 12.7. The molecule has 0 aromatic heterocycles. The molecule has 1 aromatic rings. The van der Waals surface area contributed by atoms with Crippen molar-refractivity contribution in [3.63, 3.8) is 0 Å². The first-order valence-electron chi connectivity index (χ1n) is 8.37. The third kappa shape index (κ3) is 2.94. The molecule has 2 unspecified atom stereocenters. The summed E-state index contributed by atoms with van der Waals surface area (Å²) in [7, 11) is 0. The molecular weight excluding hydrogens is 328 g/mol. The molecule has 7 heteroatoms. The highest BCUT2D eigenvalue weighted by Gasteiger charge is 2.33. The van der Waals surface area contributed by atoms with Gasteiger partial charge in [0.25, 0.3) is 5.91 Å². The average molecular weight is 346 g/mol. The van der Waals surface area contributed by atoms with Gasteiger partial charge in [0.15, 0.2) is 0 Å². The SMILES string of the molecule is N#Cc1ccccc1C1C=CC2NC=C(C(=O)NC3=CC=CCN3)N2N1. The predicted molar refractivity (Wildman–Crippen MR) is 96.4 cm³/mol. The molecule has 0 aliphatic carbocycles. The number of carbonyl (C=O) groups is 1. The first-order valence-corrected chi connectivity index (χ1v) is 8.37. The molecule has 3 aliphatic heterocycles. The van der Waals surface area contributed by atoms with E-state index in [-0.39, 0.29) is 18.1 Å². The number of nitriles is 1. The zero-order valence-electron chi connectivity index (χ0n) is 13.9. The lowest BCUT2D eigenvalue weighted by molar-refractivity contribution is -0.119. The molecule has 4 N–H and O–H groups in total. The molecule has 0 bridgehead atoms. The number of nitrogens with one attached hydrogen (secondary N) is 4. The number of nitrogens with zero attached hydrogens (tertiary/aromatic N) is 2. The van der Waals surface area contributed by atoms with Gasteiger partial charge in [-0.2, -0.15) is 5.26 Å². The van der Waals surface area contributed by atoms with Gasteiger partial charge in [0, 0.05) is 12.7 Å². The number of hydrogen-bond acceptors (Lipinski definition) is 6. The van der Waals surface area contributed by atoms with Gasteiger partial charge in [0.2, 0.25) is 0 Å². The Morgan fingerprint density at radius 1 is 1.31 bits per heavy atom. The summed E-state index contributed by atoms with van der Waals surface area (Å²) in [6.45, 7) is 0.684. The number of carbonyl (C=O) groups excluding carboxylic acids is 1. The summed E-state index contributed by atoms with van der Waals surface area (Å²) < 4.78 is 0. The Hall–Kier alpha value is -3.50. The molecule has 1 aromatic carbocycles. The van der Waals surface area contributed by atoms with E-state index in [1.54, 1.807) is 17.3 Å². The standard InChI is InChI=1S/C19H18N6O/c20-11-13-5-1-2-6-14(13)15-8-9-18-22-12-16(25(18)24-15)19(26)23-17-7-3-4-10-21-17/h1-9,12,15,18,21-22,24H,10H2,(H,23,26). The fourth-order valence-corrected chi connectivity index (χ4v) is 3.11. The Labute approximate surface area is 151 Å². The van der Waals surface area contributed by atoms with Crippen molar-refractivity contribution in [1.29, 1.82) is 5.26 Å². The lowest BCUT2D eigenvalue weighted by Gasteiger charge is -2.35. The number of dihydropyridines is 1. The molecule has 4 rings (SSSR count). The van der Waals surface area contributed by atoms with Crippen molar-refractivity contribution in [2.24, 2.45) is 0 Å². The largest absolute Gasteiger partial charge is 0.368 e. The highest BCUT2D eigenvalue weighted by molar-refractivity contribution is 5.94. The Bertz CT molecular complexity index is 892. The van der Waals surface area contributed by atoms with Crippen molar-refractivity contribution >= 4 is 5.91 Å². The second-order valence-electron chi connectivity index (χ2n) is 6.05. The molecule has 3 heterocycles. The van der Waals surface area contributed by atoms with Crippen LogP contribution in [0.5, 0.6) is 0 Å². The van der Waals surface area contributed by atoms with Crippen LogP contribution in [-0.4, -0.2) is 23.6 Å². The number of hydrogen-bond donors (Lipinski definition) is 4. The van der Waals surface area contributed by atoms with Gasteiger partial charge < -0.3 is 16.0 Å². The maximum Gasteiger partial charge on any atom is 0.276 e. The van der Waals surface area contributed by atoms with Crippen molar-refractivity contribution in [1.82, 2.24) is 26.4 Å². The van der Waals surface area contributed by atoms with Crippen LogP contribution in [0, 0.1) is 11.3 Å². The number of allylic oxidation sites excluding steroid dienone is 2. The minimum absolute atomic E-state index is 0.144. The second kappa shape index (κ2) is 6.78. The zero-order valence-corrected chi connectivity index (χ0v) is 13.9. The van der Waals surface area contributed by atoms with Crippen molar-refractivity contribution in [3.8, 4) is 6.07 Å². The van der Waals surface area contributed by atoms with Crippen molar-refractivity contribution in [3.05, 3.63) is 83.5 Å². The Morgan fingerprint density at radius 3 is 3.00 bits per heavy atom. The fourth-order valence-electron chi connectivity index (χ4n) is 3.11. The first-order chi connectivity index (χ1) is 12.8. The van der Waals surface area contributed by atoms with Crippen molar-refractivity contribution < 1.29 is 4.79 Å². The van der Waals surface area contributed by atoms with Gasteiger partial charge in [-0.15, -0.1) is 0 Å². The van der Waals surface area contributed by atoms with Gasteiger partial charge in [-0.1, -0.05) is 36.4 Å². The first kappa shape index (κ1) is 16.0. The summed E-state index contributed by atoms with van der Waals surface area (Å²) in [6.07, 6.45) is 11.2. The quantitative estimate of drug-likeness (QED) is 0.607. The summed E-state index contributed by atoms with van der Waals surface area (Å²) in [6, 6.07) is 9.47. The van der Waals surface area contributed by atoms with Crippen LogP contribution in [0.15, 0.2) is 72.4 Å². The summed E-state index contributed by atoms with van der Waals surface area (Å²) >= 11 is 0. The molecule has 0 saturated heterocycles. The van der Waals surface area contributed by atoms with Crippen LogP contribution in [0.4, 0.5) is 0 Å². The molecule has 0 radical (unpaired) electrons. The molecule has 1 amide bonds. The monoisotopic (exact) mass is 346 g/mol. The van der Waals surface area contributed by atoms with E-state index in [1.165, 1.54) is 0 Å². The van der Waals surface area contributed by atoms with Crippen LogP contribution in [0.3, 0.4) is 0 Å². The van der Waals surface area contributed by atoms with Crippen molar-refractivity contribution in [2.45, 2.75) is 12.2 Å². The molecule has 2 atom stereocenters. The molecule has 7 nitrogen and oxygen atoms in total. The smallest absolute Gasteiger partial charge is 0.276 e. The molecule has 130 valence electrons. The van der Waals surface area contributed by atoms with Crippen molar-refractivity contribution in [2.75, 3.05) is 6.54 Å². The van der Waals surface area contributed by atoms with Gasteiger partial charge in [-0.3, -0.25) is 9.80 Å². The number of hydrazine groups is 1. The van der Waals surface area contributed by atoms with E-state index in [0.29, 0.717) is 23.6 Å². The molecule has 0 fully saturated rings. The normalized spacial score (nSPS) is 23.1. The maximum atomic E-state index is 12.7. The van der Waals surface area contributed by atoms with Gasteiger partial charge in [-0.05, 0) is 23.8 Å². The number of fused-ring (bicyclic) bond motifs is 1. The highest BCUT2D eigenvalue weighted by atomic mass is 16.2. The van der Waals surface area contributed by atoms with Gasteiger partial charge in [0.1, 0.15) is 17.7 Å². The van der Waals surface area contributed by atoms with E-state index in [9.17, 15) is 10.1 Å². The van der Waals surface area contributed by atoms with Gasteiger partial charge in [0.05, 0.1) is 17.7 Å². The number of benzene rings is 1. The fraction of sp³-hybridized carbons (Fsp3) is 0.158. The van der Waals surface area contributed by atoms with Gasteiger partial charge in [-0.25, -0.2) is 5.43 Å². The summed E-state index contributed by atoms with van der Waals surface area (Å²) in [5.41, 5.74) is 5.29. The molecule has 0 saturated carbocycles. The van der Waals surface area contributed by atoms with Crippen LogP contribution in [-0.2, 0) is 4.79 Å². The predicted octanol–water partition coefficient (Wildman–Crippen LogP) is 0.863. The van der Waals surface area contributed by atoms with E-state index >= 15 is 0 Å². The average Bonchev–Trinajstić information content (AvgIpc) is 3.12. The second-order valence-corrected chi connectivity index (χ2v) is 6.05. The number of rotatable bonds is 3. The summed E-state index contributed by atoms with van der Waals surface area (Å²) in [5, 5.41) is 20.2. The minimum atomic E-state index is -0.218. The number of amides is 1. The van der Waals surface area contributed by atoms with Crippen LogP contribution in [0.2, 0.25) is 0 Å². The van der Waals surface area contributed by atoms with E-state index in [0.717, 1.165) is 5.56 Å². The van der Waals surface area contributed by atoms with E-state index in [4.69, 9.17) is 0 Å². The van der Waals surface area contributed by atoms with E-state index in [1.807, 2.05) is 48.6 Å². The van der Waals surface area contributed by atoms with Crippen LogP contribution < -0.4 is 21.4 Å². The van der Waals surface area contributed by atoms with E-state index in [2.05, 4.69) is 27.4 Å². The zero-order chi connectivity index (χ0) is 17.9. The molecular formula is C19H18N6O. The Morgan fingerprint density at radius 2 is 2.19 bits per heavy atom. The molecule has 0 spiro atoms. The third-order valence-electron chi connectivity index (χ3n) is 4.40. The molecule has 26 heavy (non-hydrogen) atoms. The van der Waals surface area contributed by atoms with Crippen LogP contribution in [0.25, 0.3) is 0 Å². The lowest BCUT2D eigenvalue weighted by Crippen LogP contribution is -2.51. The topological polar surface area (TPSA) is 92.2 Å². The van der Waals surface area contributed by atoms with Crippen LogP contribution in [0.1, 0.15) is 17.2 Å². The minimum Gasteiger partial charge on any atom is -0.368 e. The highest BCUT2D eigenvalue weighted by Crippen LogP contribution is 2.26.